The number of hydrogen-bond acceptors (Lipinski definition) is 2. The van der Waals surface area contributed by atoms with Crippen molar-refractivity contribution >= 4 is 11.9 Å². The summed E-state index contributed by atoms with van der Waals surface area (Å²) in [7, 11) is 0. The van der Waals surface area contributed by atoms with Crippen LogP contribution in [0.5, 0.6) is 0 Å². The Kier molecular flexibility index (Phi) is 2.37. The number of carboxylic acids is 1. The monoisotopic (exact) mass is 285 g/mol. The van der Waals surface area contributed by atoms with Gasteiger partial charge in [-0.05, 0) is 48.3 Å². The third-order valence-electron chi connectivity index (χ3n) is 5.48. The lowest BCUT2D eigenvalue weighted by Crippen LogP contribution is -2.45. The first-order chi connectivity index (χ1) is 9.93. The van der Waals surface area contributed by atoms with E-state index in [4.69, 9.17) is 5.11 Å². The first-order valence-corrected chi connectivity index (χ1v) is 7.60. The van der Waals surface area contributed by atoms with Crippen molar-refractivity contribution in [2.24, 2.45) is 0 Å². The van der Waals surface area contributed by atoms with Gasteiger partial charge < -0.3 is 10.0 Å². The normalized spacial score (nSPS) is 23.9. The average molecular weight is 285 g/mol. The maximum atomic E-state index is 12.5. The largest absolute Gasteiger partial charge is 0.480 e. The summed E-state index contributed by atoms with van der Waals surface area (Å²) < 4.78 is 0. The fraction of sp³-hybridized carbons (Fsp3) is 0.529. The molecule has 2 saturated carbocycles. The standard InChI is InChI=1S/C17H19NO3/c1-16(4-5-16)11-2-3-12-13(8-11)17(6-7-17)10-18(15(12)21)9-14(19)20/h2-3,8H,4-7,9-10H2,1H3,(H,19,20). The molecule has 0 aromatic heterocycles. The van der Waals surface area contributed by atoms with Crippen molar-refractivity contribution in [2.45, 2.75) is 43.4 Å². The SMILES string of the molecule is CC1(c2ccc3c(c2)C2(CC2)CN(CC(=O)O)C3=O)CC1. The maximum Gasteiger partial charge on any atom is 0.323 e. The van der Waals surface area contributed by atoms with Crippen molar-refractivity contribution in [3.8, 4) is 0 Å². The zero-order valence-corrected chi connectivity index (χ0v) is 12.2. The molecule has 4 nitrogen and oxygen atoms in total. The van der Waals surface area contributed by atoms with Crippen LogP contribution in [0.1, 0.15) is 54.1 Å². The molecule has 1 aromatic carbocycles. The molecule has 21 heavy (non-hydrogen) atoms. The number of fused-ring (bicyclic) bond motifs is 2. The van der Waals surface area contributed by atoms with E-state index in [1.165, 1.54) is 28.9 Å². The van der Waals surface area contributed by atoms with E-state index in [-0.39, 0.29) is 17.9 Å². The maximum absolute atomic E-state index is 12.5. The van der Waals surface area contributed by atoms with Gasteiger partial charge in [-0.1, -0.05) is 19.1 Å². The fourth-order valence-corrected chi connectivity index (χ4v) is 3.58. The number of carbonyl (C=O) groups excluding carboxylic acids is 1. The second-order valence-corrected chi connectivity index (χ2v) is 7.16. The fourth-order valence-electron chi connectivity index (χ4n) is 3.58. The molecular weight excluding hydrogens is 266 g/mol. The number of nitrogens with zero attached hydrogens (tertiary/aromatic N) is 1. The highest BCUT2D eigenvalue weighted by Gasteiger charge is 2.52. The van der Waals surface area contributed by atoms with Gasteiger partial charge >= 0.3 is 5.97 Å². The van der Waals surface area contributed by atoms with E-state index in [0.29, 0.717) is 17.5 Å². The van der Waals surface area contributed by atoms with Gasteiger partial charge in [0.05, 0.1) is 0 Å². The van der Waals surface area contributed by atoms with Crippen LogP contribution >= 0.6 is 0 Å². The Morgan fingerprint density at radius 1 is 1.29 bits per heavy atom. The Labute approximate surface area is 123 Å². The van der Waals surface area contributed by atoms with Crippen LogP contribution in [0, 0.1) is 0 Å². The van der Waals surface area contributed by atoms with Crippen LogP contribution in [-0.2, 0) is 15.6 Å². The number of carboxylic acid groups (broad SMARTS) is 1. The third-order valence-corrected chi connectivity index (χ3v) is 5.48. The molecule has 2 aliphatic carbocycles. The highest BCUT2D eigenvalue weighted by atomic mass is 16.4. The number of benzene rings is 1. The minimum Gasteiger partial charge on any atom is -0.480 e. The summed E-state index contributed by atoms with van der Waals surface area (Å²) in [5.41, 5.74) is 3.55. The average Bonchev–Trinajstić information content (AvgIpc) is 3.34. The molecule has 2 fully saturated rings. The number of carbonyl (C=O) groups is 2. The van der Waals surface area contributed by atoms with Gasteiger partial charge in [0, 0.05) is 17.5 Å². The Bertz CT molecular complexity index is 656. The molecule has 1 aliphatic heterocycles. The number of amides is 1. The van der Waals surface area contributed by atoms with Crippen molar-refractivity contribution in [2.75, 3.05) is 13.1 Å². The highest BCUT2D eigenvalue weighted by Crippen LogP contribution is 2.55. The molecule has 4 rings (SSSR count). The van der Waals surface area contributed by atoms with Gasteiger partial charge in [-0.2, -0.15) is 0 Å². The summed E-state index contributed by atoms with van der Waals surface area (Å²) in [5, 5.41) is 8.99. The Balaban J connectivity index is 1.76. The molecule has 0 radical (unpaired) electrons. The first-order valence-electron chi connectivity index (χ1n) is 7.60. The van der Waals surface area contributed by atoms with E-state index in [9.17, 15) is 9.59 Å². The second-order valence-electron chi connectivity index (χ2n) is 7.16. The summed E-state index contributed by atoms with van der Waals surface area (Å²) in [6.07, 6.45) is 4.56. The van der Waals surface area contributed by atoms with E-state index < -0.39 is 5.97 Å². The lowest BCUT2D eigenvalue weighted by atomic mass is 9.83. The van der Waals surface area contributed by atoms with E-state index in [0.717, 1.165) is 12.8 Å². The van der Waals surface area contributed by atoms with E-state index >= 15 is 0 Å². The van der Waals surface area contributed by atoms with Gasteiger partial charge in [0.2, 0.25) is 0 Å². The van der Waals surface area contributed by atoms with Gasteiger partial charge in [-0.25, -0.2) is 0 Å². The first kappa shape index (κ1) is 12.9. The molecule has 1 aromatic rings. The lowest BCUT2D eigenvalue weighted by molar-refractivity contribution is -0.137. The minimum absolute atomic E-state index is 0.0277. The van der Waals surface area contributed by atoms with E-state index in [1.54, 1.807) is 0 Å². The van der Waals surface area contributed by atoms with Crippen LogP contribution < -0.4 is 0 Å². The molecule has 0 saturated heterocycles. The Hall–Kier alpha value is -1.84. The van der Waals surface area contributed by atoms with Crippen molar-refractivity contribution < 1.29 is 14.7 Å². The number of aliphatic carboxylic acids is 1. The van der Waals surface area contributed by atoms with Crippen LogP contribution in [-0.4, -0.2) is 35.0 Å². The third kappa shape index (κ3) is 1.88. The van der Waals surface area contributed by atoms with Crippen LogP contribution in [0.2, 0.25) is 0 Å². The zero-order valence-electron chi connectivity index (χ0n) is 12.2. The van der Waals surface area contributed by atoms with Crippen molar-refractivity contribution in [3.63, 3.8) is 0 Å². The summed E-state index contributed by atoms with van der Waals surface area (Å²) >= 11 is 0. The van der Waals surface area contributed by atoms with Crippen molar-refractivity contribution in [1.29, 1.82) is 0 Å². The minimum atomic E-state index is -0.940. The summed E-state index contributed by atoms with van der Waals surface area (Å²) in [6.45, 7) is 2.64. The van der Waals surface area contributed by atoms with E-state index in [2.05, 4.69) is 19.1 Å². The van der Waals surface area contributed by atoms with Crippen LogP contribution in [0.25, 0.3) is 0 Å². The van der Waals surface area contributed by atoms with Gasteiger partial charge in [0.1, 0.15) is 6.54 Å². The predicted octanol–water partition coefficient (Wildman–Crippen LogP) is 2.31. The molecule has 4 heteroatoms. The van der Waals surface area contributed by atoms with Crippen LogP contribution in [0.3, 0.4) is 0 Å². The number of hydrogen-bond donors (Lipinski definition) is 1. The second kappa shape index (κ2) is 3.87. The molecule has 3 aliphatic rings. The smallest absolute Gasteiger partial charge is 0.323 e. The van der Waals surface area contributed by atoms with Gasteiger partial charge in [0.25, 0.3) is 5.91 Å². The summed E-state index contributed by atoms with van der Waals surface area (Å²) in [6, 6.07) is 6.21. The molecule has 0 unspecified atom stereocenters. The topological polar surface area (TPSA) is 57.6 Å². The molecule has 0 bridgehead atoms. The molecular formula is C17H19NO3. The lowest BCUT2D eigenvalue weighted by Gasteiger charge is -2.34. The quantitative estimate of drug-likeness (QED) is 0.927. The predicted molar refractivity (Wildman–Crippen MR) is 77.5 cm³/mol. The molecule has 1 heterocycles. The van der Waals surface area contributed by atoms with Crippen LogP contribution in [0.4, 0.5) is 0 Å². The van der Waals surface area contributed by atoms with Gasteiger partial charge in [-0.15, -0.1) is 0 Å². The Morgan fingerprint density at radius 3 is 2.57 bits per heavy atom. The highest BCUT2D eigenvalue weighted by molar-refractivity contribution is 5.99. The van der Waals surface area contributed by atoms with Gasteiger partial charge in [-0.3, -0.25) is 9.59 Å². The molecule has 1 N–H and O–H groups in total. The molecule has 1 amide bonds. The summed E-state index contributed by atoms with van der Waals surface area (Å²) in [5.74, 6) is -1.07. The molecule has 1 spiro atoms. The van der Waals surface area contributed by atoms with E-state index in [1.807, 2.05) is 6.07 Å². The van der Waals surface area contributed by atoms with Crippen molar-refractivity contribution in [1.82, 2.24) is 4.90 Å². The molecule has 0 atom stereocenters. The summed E-state index contributed by atoms with van der Waals surface area (Å²) in [4.78, 5) is 25.0. The van der Waals surface area contributed by atoms with Crippen molar-refractivity contribution in [3.05, 3.63) is 34.9 Å². The zero-order chi connectivity index (χ0) is 14.8. The number of rotatable bonds is 3. The van der Waals surface area contributed by atoms with Crippen LogP contribution in [0.15, 0.2) is 18.2 Å². The molecule has 110 valence electrons. The Morgan fingerprint density at radius 2 is 2.00 bits per heavy atom. The van der Waals surface area contributed by atoms with Gasteiger partial charge in [0.15, 0.2) is 0 Å².